The van der Waals surface area contributed by atoms with E-state index in [0.29, 0.717) is 4.47 Å². The molecule has 0 spiro atoms. The van der Waals surface area contributed by atoms with E-state index in [1.54, 1.807) is 6.07 Å². The van der Waals surface area contributed by atoms with Crippen molar-refractivity contribution in [3.63, 3.8) is 0 Å². The Morgan fingerprint density at radius 3 is 2.95 bits per heavy atom. The largest absolute Gasteiger partial charge is 0.317 e. The molecular formula is C13H15BrFN3S. The second-order valence-electron chi connectivity index (χ2n) is 4.09. The lowest BCUT2D eigenvalue weighted by Crippen LogP contribution is -2.14. The summed E-state index contributed by atoms with van der Waals surface area (Å²) >= 11 is 4.67. The van der Waals surface area contributed by atoms with Crippen molar-refractivity contribution in [1.82, 2.24) is 15.5 Å². The van der Waals surface area contributed by atoms with Gasteiger partial charge >= 0.3 is 0 Å². The fraction of sp³-hybridized carbons (Fsp3) is 0.385. The molecule has 0 aliphatic heterocycles. The molecule has 0 amide bonds. The molecule has 19 heavy (non-hydrogen) atoms. The maximum Gasteiger partial charge on any atom is 0.147 e. The number of aromatic nitrogens is 2. The van der Waals surface area contributed by atoms with Gasteiger partial charge in [0.25, 0.3) is 0 Å². The molecule has 0 atom stereocenters. The summed E-state index contributed by atoms with van der Waals surface area (Å²) in [6.45, 7) is 4.06. The molecular weight excluding hydrogens is 329 g/mol. The normalized spacial score (nSPS) is 10.9. The maximum absolute atomic E-state index is 13.5. The first kappa shape index (κ1) is 14.6. The highest BCUT2D eigenvalue weighted by atomic mass is 79.9. The number of benzene rings is 1. The van der Waals surface area contributed by atoms with E-state index >= 15 is 0 Å². The van der Waals surface area contributed by atoms with Crippen LogP contribution in [0.5, 0.6) is 0 Å². The minimum absolute atomic E-state index is 0.276. The van der Waals surface area contributed by atoms with Crippen LogP contribution >= 0.6 is 27.3 Å². The van der Waals surface area contributed by atoms with Gasteiger partial charge in [0.2, 0.25) is 0 Å². The lowest BCUT2D eigenvalue weighted by Gasteiger charge is -1.98. The Bertz CT molecular complexity index is 544. The van der Waals surface area contributed by atoms with Gasteiger partial charge in [-0.2, -0.15) is 0 Å². The van der Waals surface area contributed by atoms with Gasteiger partial charge in [-0.3, -0.25) is 0 Å². The van der Waals surface area contributed by atoms with Crippen molar-refractivity contribution in [3.05, 3.63) is 33.5 Å². The standard InChI is InChI=1S/C13H15BrFN3S/c1-2-16-7-3-4-12-17-18-13(19-12)9-5-6-10(14)11(15)8-9/h5-6,8,16H,2-4,7H2,1H3. The van der Waals surface area contributed by atoms with Gasteiger partial charge in [-0.1, -0.05) is 24.3 Å². The summed E-state index contributed by atoms with van der Waals surface area (Å²) in [5, 5.41) is 13.3. The molecule has 3 nitrogen and oxygen atoms in total. The topological polar surface area (TPSA) is 37.8 Å². The molecule has 0 aliphatic rings. The molecule has 2 aromatic rings. The quantitative estimate of drug-likeness (QED) is 0.813. The van der Waals surface area contributed by atoms with Gasteiger partial charge in [-0.05, 0) is 47.6 Å². The summed E-state index contributed by atoms with van der Waals surface area (Å²) in [5.74, 6) is -0.276. The zero-order valence-electron chi connectivity index (χ0n) is 10.6. The summed E-state index contributed by atoms with van der Waals surface area (Å²) < 4.78 is 13.9. The van der Waals surface area contributed by atoms with Crippen molar-refractivity contribution >= 4 is 27.3 Å². The second-order valence-corrected chi connectivity index (χ2v) is 6.00. The van der Waals surface area contributed by atoms with Crippen LogP contribution in [0.3, 0.4) is 0 Å². The van der Waals surface area contributed by atoms with Gasteiger partial charge in [0.05, 0.1) is 4.47 Å². The highest BCUT2D eigenvalue weighted by Gasteiger charge is 2.08. The number of rotatable bonds is 6. The van der Waals surface area contributed by atoms with Gasteiger partial charge < -0.3 is 5.32 Å². The fourth-order valence-electron chi connectivity index (χ4n) is 1.64. The van der Waals surface area contributed by atoms with Gasteiger partial charge in [0, 0.05) is 12.0 Å². The zero-order chi connectivity index (χ0) is 13.7. The highest BCUT2D eigenvalue weighted by Crippen LogP contribution is 2.27. The van der Waals surface area contributed by atoms with Gasteiger partial charge in [-0.25, -0.2) is 4.39 Å². The lowest BCUT2D eigenvalue weighted by molar-refractivity contribution is 0.621. The van der Waals surface area contributed by atoms with E-state index in [2.05, 4.69) is 38.4 Å². The first-order valence-electron chi connectivity index (χ1n) is 6.19. The van der Waals surface area contributed by atoms with Crippen molar-refractivity contribution < 1.29 is 4.39 Å². The van der Waals surface area contributed by atoms with Crippen LogP contribution in [0.15, 0.2) is 22.7 Å². The first-order chi connectivity index (χ1) is 9.20. The van der Waals surface area contributed by atoms with Crippen molar-refractivity contribution in [3.8, 4) is 10.6 Å². The van der Waals surface area contributed by atoms with Crippen LogP contribution in [0.1, 0.15) is 18.4 Å². The lowest BCUT2D eigenvalue weighted by atomic mass is 10.2. The van der Waals surface area contributed by atoms with Gasteiger partial charge in [0.1, 0.15) is 15.8 Å². The average Bonchev–Trinajstić information content (AvgIpc) is 2.87. The van der Waals surface area contributed by atoms with Crippen LogP contribution in [-0.2, 0) is 6.42 Å². The summed E-state index contributed by atoms with van der Waals surface area (Å²) in [5.41, 5.74) is 0.774. The Morgan fingerprint density at radius 1 is 1.37 bits per heavy atom. The van der Waals surface area contributed by atoms with Crippen LogP contribution in [0.25, 0.3) is 10.6 Å². The van der Waals surface area contributed by atoms with Crippen LogP contribution in [0, 0.1) is 5.82 Å². The van der Waals surface area contributed by atoms with E-state index < -0.39 is 0 Å². The molecule has 0 aliphatic carbocycles. The molecule has 102 valence electrons. The molecule has 0 radical (unpaired) electrons. The summed E-state index contributed by atoms with van der Waals surface area (Å²) in [7, 11) is 0. The Balaban J connectivity index is 2.01. The highest BCUT2D eigenvalue weighted by molar-refractivity contribution is 9.10. The Labute approximate surface area is 124 Å². The smallest absolute Gasteiger partial charge is 0.147 e. The predicted molar refractivity (Wildman–Crippen MR) is 79.9 cm³/mol. The minimum atomic E-state index is -0.276. The molecule has 1 heterocycles. The monoisotopic (exact) mass is 343 g/mol. The minimum Gasteiger partial charge on any atom is -0.317 e. The Kier molecular flexibility index (Phi) is 5.42. The number of aryl methyl sites for hydroxylation is 1. The zero-order valence-corrected chi connectivity index (χ0v) is 13.0. The molecule has 0 saturated heterocycles. The van der Waals surface area contributed by atoms with E-state index in [9.17, 15) is 4.39 Å². The number of nitrogens with zero attached hydrogens (tertiary/aromatic N) is 2. The molecule has 0 bridgehead atoms. The summed E-state index contributed by atoms with van der Waals surface area (Å²) in [6.07, 6.45) is 1.95. The van der Waals surface area contributed by atoms with Gasteiger partial charge in [-0.15, -0.1) is 10.2 Å². The van der Waals surface area contributed by atoms with Crippen molar-refractivity contribution in [2.75, 3.05) is 13.1 Å². The van der Waals surface area contributed by atoms with E-state index in [1.165, 1.54) is 17.4 Å². The van der Waals surface area contributed by atoms with Crippen molar-refractivity contribution in [2.45, 2.75) is 19.8 Å². The second kappa shape index (κ2) is 7.07. The van der Waals surface area contributed by atoms with E-state index in [0.717, 1.165) is 41.5 Å². The molecule has 0 saturated carbocycles. The van der Waals surface area contributed by atoms with Crippen molar-refractivity contribution in [2.24, 2.45) is 0 Å². The predicted octanol–water partition coefficient (Wildman–Crippen LogP) is 3.65. The molecule has 2 rings (SSSR count). The van der Waals surface area contributed by atoms with Crippen LogP contribution in [-0.4, -0.2) is 23.3 Å². The Morgan fingerprint density at radius 2 is 2.21 bits per heavy atom. The molecule has 1 aromatic carbocycles. The number of halogens is 2. The van der Waals surface area contributed by atoms with E-state index in [-0.39, 0.29) is 5.82 Å². The van der Waals surface area contributed by atoms with Crippen LogP contribution in [0.4, 0.5) is 4.39 Å². The third-order valence-electron chi connectivity index (χ3n) is 2.63. The number of hydrogen-bond donors (Lipinski definition) is 1. The summed E-state index contributed by atoms with van der Waals surface area (Å²) in [6, 6.07) is 5.01. The number of hydrogen-bond acceptors (Lipinski definition) is 4. The van der Waals surface area contributed by atoms with Crippen LogP contribution in [0.2, 0.25) is 0 Å². The van der Waals surface area contributed by atoms with Crippen molar-refractivity contribution in [1.29, 1.82) is 0 Å². The first-order valence-corrected chi connectivity index (χ1v) is 7.80. The third-order valence-corrected chi connectivity index (χ3v) is 4.30. The van der Waals surface area contributed by atoms with Gasteiger partial charge in [0.15, 0.2) is 0 Å². The molecule has 6 heteroatoms. The summed E-state index contributed by atoms with van der Waals surface area (Å²) in [4.78, 5) is 0. The Hall–Kier alpha value is -0.850. The molecule has 0 fully saturated rings. The van der Waals surface area contributed by atoms with Crippen LogP contribution < -0.4 is 5.32 Å². The third kappa shape index (κ3) is 4.06. The molecule has 0 unspecified atom stereocenters. The fourth-order valence-corrected chi connectivity index (χ4v) is 2.77. The molecule has 1 N–H and O–H groups in total. The molecule has 1 aromatic heterocycles. The van der Waals surface area contributed by atoms with E-state index in [1.807, 2.05) is 6.07 Å². The average molecular weight is 344 g/mol. The SMILES string of the molecule is CCNCCCc1nnc(-c2ccc(Br)c(F)c2)s1. The van der Waals surface area contributed by atoms with E-state index in [4.69, 9.17) is 0 Å². The maximum atomic E-state index is 13.5. The number of nitrogens with one attached hydrogen (secondary N) is 1.